The smallest absolute Gasteiger partial charge is 0.335 e. The fourth-order valence-corrected chi connectivity index (χ4v) is 2.64. The number of hydrogen-bond donors (Lipinski definition) is 2. The van der Waals surface area contributed by atoms with Crippen molar-refractivity contribution in [1.82, 2.24) is 0 Å². The zero-order chi connectivity index (χ0) is 17.3. The molecule has 3 rings (SSSR count). The van der Waals surface area contributed by atoms with Crippen LogP contribution in [-0.4, -0.2) is 28.9 Å². The number of carboxylic acid groups (broad SMARTS) is 1. The van der Waals surface area contributed by atoms with Gasteiger partial charge < -0.3 is 10.4 Å². The molecule has 1 fully saturated rings. The van der Waals surface area contributed by atoms with Crippen LogP contribution in [0.15, 0.2) is 48.5 Å². The minimum atomic E-state index is -1.03. The van der Waals surface area contributed by atoms with Crippen molar-refractivity contribution in [3.8, 4) is 0 Å². The Hall–Kier alpha value is -2.86. The van der Waals surface area contributed by atoms with E-state index in [0.29, 0.717) is 16.4 Å². The summed E-state index contributed by atoms with van der Waals surface area (Å²) >= 11 is 5.82. The Morgan fingerprint density at radius 3 is 2.29 bits per heavy atom. The molecule has 122 valence electrons. The number of halogens is 1. The summed E-state index contributed by atoms with van der Waals surface area (Å²) in [5, 5.41) is 12.4. The van der Waals surface area contributed by atoms with Gasteiger partial charge in [-0.15, -0.1) is 0 Å². The number of carbonyl (C=O) groups excluding carboxylic acids is 2. The van der Waals surface area contributed by atoms with Gasteiger partial charge in [-0.2, -0.15) is 0 Å². The Morgan fingerprint density at radius 2 is 1.71 bits per heavy atom. The monoisotopic (exact) mass is 344 g/mol. The highest BCUT2D eigenvalue weighted by atomic mass is 35.5. The van der Waals surface area contributed by atoms with Crippen LogP contribution in [0.25, 0.3) is 0 Å². The van der Waals surface area contributed by atoms with Crippen molar-refractivity contribution in [2.75, 3.05) is 10.2 Å². The number of imide groups is 1. The Labute approximate surface area is 142 Å². The molecule has 2 N–H and O–H groups in total. The number of anilines is 2. The van der Waals surface area contributed by atoms with Gasteiger partial charge in [0.2, 0.25) is 5.91 Å². The molecule has 0 aromatic heterocycles. The lowest BCUT2D eigenvalue weighted by atomic mass is 10.2. The molecular formula is C17H13ClN2O4. The summed E-state index contributed by atoms with van der Waals surface area (Å²) in [4.78, 5) is 36.6. The molecule has 24 heavy (non-hydrogen) atoms. The summed E-state index contributed by atoms with van der Waals surface area (Å²) in [5.41, 5.74) is 1.20. The molecule has 2 aromatic carbocycles. The number of nitrogens with zero attached hydrogens (tertiary/aromatic N) is 1. The van der Waals surface area contributed by atoms with Gasteiger partial charge in [-0.25, -0.2) is 9.69 Å². The fourth-order valence-electron chi connectivity index (χ4n) is 2.52. The van der Waals surface area contributed by atoms with Crippen LogP contribution < -0.4 is 10.2 Å². The summed E-state index contributed by atoms with van der Waals surface area (Å²) < 4.78 is 0. The number of carbonyl (C=O) groups is 3. The minimum absolute atomic E-state index is 0.0299. The van der Waals surface area contributed by atoms with E-state index in [1.165, 1.54) is 12.1 Å². The second kappa shape index (κ2) is 6.33. The van der Waals surface area contributed by atoms with Crippen molar-refractivity contribution < 1.29 is 19.5 Å². The molecule has 1 saturated heterocycles. The molecule has 1 aliphatic heterocycles. The van der Waals surface area contributed by atoms with Crippen LogP contribution in [0.5, 0.6) is 0 Å². The van der Waals surface area contributed by atoms with E-state index in [0.717, 1.165) is 4.90 Å². The molecule has 1 aliphatic rings. The van der Waals surface area contributed by atoms with E-state index in [-0.39, 0.29) is 23.8 Å². The van der Waals surface area contributed by atoms with Gasteiger partial charge in [0.25, 0.3) is 5.91 Å². The molecule has 0 aliphatic carbocycles. The number of aromatic carboxylic acids is 1. The predicted molar refractivity (Wildman–Crippen MR) is 89.4 cm³/mol. The van der Waals surface area contributed by atoms with Crippen LogP contribution in [-0.2, 0) is 9.59 Å². The Balaban J connectivity index is 1.76. The minimum Gasteiger partial charge on any atom is -0.478 e. The first kappa shape index (κ1) is 16.0. The first-order valence-corrected chi connectivity index (χ1v) is 7.56. The van der Waals surface area contributed by atoms with Crippen LogP contribution in [0.2, 0.25) is 5.02 Å². The van der Waals surface area contributed by atoms with Gasteiger partial charge in [-0.3, -0.25) is 9.59 Å². The van der Waals surface area contributed by atoms with E-state index >= 15 is 0 Å². The molecule has 0 saturated carbocycles. The second-order valence-corrected chi connectivity index (χ2v) is 5.76. The molecule has 0 unspecified atom stereocenters. The maximum atomic E-state index is 12.5. The average molecular weight is 345 g/mol. The van der Waals surface area contributed by atoms with Crippen LogP contribution in [0, 0.1) is 0 Å². The standard InChI is InChI=1S/C17H13ClN2O4/c18-11-3-7-13(8-4-11)20-15(21)9-14(16(20)22)19-12-5-1-10(2-6-12)17(23)24/h1-8,14,19H,9H2,(H,23,24)/t14-/m1/s1. The van der Waals surface area contributed by atoms with E-state index < -0.39 is 12.0 Å². The zero-order valence-electron chi connectivity index (χ0n) is 12.4. The maximum absolute atomic E-state index is 12.5. The molecule has 7 heteroatoms. The molecule has 2 amide bonds. The predicted octanol–water partition coefficient (Wildman–Crippen LogP) is 2.78. The number of carboxylic acids is 1. The lowest BCUT2D eigenvalue weighted by molar-refractivity contribution is -0.121. The largest absolute Gasteiger partial charge is 0.478 e. The van der Waals surface area contributed by atoms with Crippen LogP contribution in [0.4, 0.5) is 11.4 Å². The van der Waals surface area contributed by atoms with Gasteiger partial charge in [-0.05, 0) is 48.5 Å². The van der Waals surface area contributed by atoms with Crippen LogP contribution >= 0.6 is 11.6 Å². The topological polar surface area (TPSA) is 86.7 Å². The SMILES string of the molecule is O=C(O)c1ccc(N[C@@H]2CC(=O)N(c3ccc(Cl)cc3)C2=O)cc1. The molecule has 6 nitrogen and oxygen atoms in total. The highest BCUT2D eigenvalue weighted by Crippen LogP contribution is 2.26. The van der Waals surface area contributed by atoms with Crippen molar-refractivity contribution in [2.24, 2.45) is 0 Å². The first-order valence-electron chi connectivity index (χ1n) is 7.18. The third-order valence-corrected chi connectivity index (χ3v) is 3.96. The molecule has 2 aromatic rings. The van der Waals surface area contributed by atoms with Gasteiger partial charge >= 0.3 is 5.97 Å². The van der Waals surface area contributed by atoms with E-state index in [9.17, 15) is 14.4 Å². The third-order valence-electron chi connectivity index (χ3n) is 3.70. The third kappa shape index (κ3) is 3.09. The van der Waals surface area contributed by atoms with Crippen molar-refractivity contribution in [3.05, 3.63) is 59.1 Å². The quantitative estimate of drug-likeness (QED) is 0.833. The maximum Gasteiger partial charge on any atom is 0.335 e. The summed E-state index contributed by atoms with van der Waals surface area (Å²) in [6, 6.07) is 11.8. The van der Waals surface area contributed by atoms with Gasteiger partial charge in [0.1, 0.15) is 6.04 Å². The lowest BCUT2D eigenvalue weighted by Crippen LogP contribution is -2.34. The van der Waals surface area contributed by atoms with Crippen molar-refractivity contribution in [3.63, 3.8) is 0 Å². The summed E-state index contributed by atoms with van der Waals surface area (Å²) in [6.07, 6.45) is 0.0299. The van der Waals surface area contributed by atoms with Crippen molar-refractivity contribution in [1.29, 1.82) is 0 Å². The molecule has 0 bridgehead atoms. The molecule has 0 radical (unpaired) electrons. The number of hydrogen-bond acceptors (Lipinski definition) is 4. The van der Waals surface area contributed by atoms with Gasteiger partial charge in [0.15, 0.2) is 0 Å². The fraction of sp³-hybridized carbons (Fsp3) is 0.118. The molecular weight excluding hydrogens is 332 g/mol. The van der Waals surface area contributed by atoms with E-state index in [1.807, 2.05) is 0 Å². The van der Waals surface area contributed by atoms with Crippen molar-refractivity contribution in [2.45, 2.75) is 12.5 Å². The molecule has 1 heterocycles. The van der Waals surface area contributed by atoms with Gasteiger partial charge in [-0.1, -0.05) is 11.6 Å². The highest BCUT2D eigenvalue weighted by Gasteiger charge is 2.39. The molecule has 0 spiro atoms. The highest BCUT2D eigenvalue weighted by molar-refractivity contribution is 6.30. The van der Waals surface area contributed by atoms with E-state index in [4.69, 9.17) is 16.7 Å². The van der Waals surface area contributed by atoms with E-state index in [1.54, 1.807) is 36.4 Å². The average Bonchev–Trinajstić information content (AvgIpc) is 2.83. The van der Waals surface area contributed by atoms with Crippen molar-refractivity contribution >= 4 is 40.8 Å². The summed E-state index contributed by atoms with van der Waals surface area (Å²) in [7, 11) is 0. The number of amides is 2. The number of benzene rings is 2. The second-order valence-electron chi connectivity index (χ2n) is 5.33. The normalized spacial score (nSPS) is 17.2. The number of rotatable bonds is 4. The van der Waals surface area contributed by atoms with Crippen LogP contribution in [0.1, 0.15) is 16.8 Å². The Morgan fingerprint density at radius 1 is 1.08 bits per heavy atom. The summed E-state index contributed by atoms with van der Waals surface area (Å²) in [5.74, 6) is -1.69. The van der Waals surface area contributed by atoms with Gasteiger partial charge in [0.05, 0.1) is 17.7 Å². The van der Waals surface area contributed by atoms with Gasteiger partial charge in [0, 0.05) is 10.7 Å². The molecule has 1 atom stereocenters. The Bertz CT molecular complexity index is 802. The Kier molecular flexibility index (Phi) is 4.22. The summed E-state index contributed by atoms with van der Waals surface area (Å²) in [6.45, 7) is 0. The van der Waals surface area contributed by atoms with E-state index in [2.05, 4.69) is 5.32 Å². The number of nitrogens with one attached hydrogen (secondary N) is 1. The zero-order valence-corrected chi connectivity index (χ0v) is 13.2. The first-order chi connectivity index (χ1) is 11.5. The lowest BCUT2D eigenvalue weighted by Gasteiger charge is -2.16. The van der Waals surface area contributed by atoms with Crippen LogP contribution in [0.3, 0.4) is 0 Å².